The maximum atomic E-state index is 5.60. The van der Waals surface area contributed by atoms with Crippen molar-refractivity contribution in [1.82, 2.24) is 5.32 Å². The fourth-order valence-corrected chi connectivity index (χ4v) is 1.88. The van der Waals surface area contributed by atoms with Crippen molar-refractivity contribution in [2.45, 2.75) is 4.90 Å². The van der Waals surface area contributed by atoms with Crippen molar-refractivity contribution >= 4 is 39.9 Å². The number of thiocarbonyl (C=S) groups is 1. The Balaban J connectivity index is 2.38. The van der Waals surface area contributed by atoms with Crippen LogP contribution >= 0.6 is 35.6 Å². The van der Waals surface area contributed by atoms with Gasteiger partial charge in [-0.25, -0.2) is 0 Å². The Morgan fingerprint density at radius 1 is 1.43 bits per heavy atom. The van der Waals surface area contributed by atoms with E-state index in [1.54, 1.807) is 0 Å². The highest BCUT2D eigenvalue weighted by Crippen LogP contribution is 2.17. The first-order valence-electron chi connectivity index (χ1n) is 4.02. The number of halogens is 1. The third-order valence-electron chi connectivity index (χ3n) is 1.38. The van der Waals surface area contributed by atoms with Crippen LogP contribution in [0.3, 0.4) is 0 Å². The number of hydrogen-bond donors (Lipinski definition) is 1. The second-order valence-electron chi connectivity index (χ2n) is 2.57. The molecule has 1 aromatic rings. The molecule has 0 aliphatic heterocycles. The van der Waals surface area contributed by atoms with Crippen LogP contribution in [0.25, 0.3) is 0 Å². The van der Waals surface area contributed by atoms with Crippen molar-refractivity contribution in [3.05, 3.63) is 41.9 Å². The van der Waals surface area contributed by atoms with Crippen LogP contribution in [-0.4, -0.2) is 10.9 Å². The van der Waals surface area contributed by atoms with Crippen molar-refractivity contribution < 1.29 is 0 Å². The predicted octanol–water partition coefficient (Wildman–Crippen LogP) is 3.41. The molecular formula is C10H10ClNS2. The molecule has 1 nitrogen and oxygen atoms in total. The Morgan fingerprint density at radius 2 is 2.07 bits per heavy atom. The number of hydrogen-bond acceptors (Lipinski definition) is 2. The van der Waals surface area contributed by atoms with E-state index in [1.807, 2.05) is 30.3 Å². The first-order valence-corrected chi connectivity index (χ1v) is 5.63. The standard InChI is InChI=1S/C10H10ClNS2/c1-8(11)7-12-10(13)14-9-5-3-2-4-6-9/h2-6H,1,7H2,(H,12,13). The first kappa shape index (κ1) is 11.6. The highest BCUT2D eigenvalue weighted by Gasteiger charge is 1.98. The summed E-state index contributed by atoms with van der Waals surface area (Å²) >= 11 is 12.2. The first-order chi connectivity index (χ1) is 6.68. The van der Waals surface area contributed by atoms with Crippen molar-refractivity contribution in [1.29, 1.82) is 0 Å². The van der Waals surface area contributed by atoms with Crippen molar-refractivity contribution in [3.8, 4) is 0 Å². The normalized spacial score (nSPS) is 9.50. The molecule has 1 N–H and O–H groups in total. The highest BCUT2D eigenvalue weighted by molar-refractivity contribution is 8.23. The van der Waals surface area contributed by atoms with Gasteiger partial charge in [0.25, 0.3) is 0 Å². The van der Waals surface area contributed by atoms with Crippen molar-refractivity contribution in [3.63, 3.8) is 0 Å². The Hall–Kier alpha value is -0.510. The number of thioether (sulfide) groups is 1. The van der Waals surface area contributed by atoms with Gasteiger partial charge in [-0.1, -0.05) is 60.4 Å². The van der Waals surface area contributed by atoms with Gasteiger partial charge >= 0.3 is 0 Å². The lowest BCUT2D eigenvalue weighted by Gasteiger charge is -2.05. The highest BCUT2D eigenvalue weighted by atomic mass is 35.5. The van der Waals surface area contributed by atoms with E-state index < -0.39 is 0 Å². The lowest BCUT2D eigenvalue weighted by molar-refractivity contribution is 1.07. The van der Waals surface area contributed by atoms with Gasteiger partial charge in [0.1, 0.15) is 4.32 Å². The molecule has 0 aliphatic rings. The second kappa shape index (κ2) is 6.06. The number of rotatable bonds is 3. The van der Waals surface area contributed by atoms with Gasteiger partial charge in [0, 0.05) is 9.93 Å². The smallest absolute Gasteiger partial charge is 0.138 e. The zero-order valence-electron chi connectivity index (χ0n) is 7.50. The van der Waals surface area contributed by atoms with Crippen LogP contribution in [0, 0.1) is 0 Å². The van der Waals surface area contributed by atoms with Gasteiger partial charge in [-0.3, -0.25) is 0 Å². The van der Waals surface area contributed by atoms with Gasteiger partial charge in [0.05, 0.1) is 6.54 Å². The van der Waals surface area contributed by atoms with Crippen LogP contribution in [-0.2, 0) is 0 Å². The van der Waals surface area contributed by atoms with E-state index in [1.165, 1.54) is 11.8 Å². The third kappa shape index (κ3) is 4.65. The van der Waals surface area contributed by atoms with E-state index in [0.717, 1.165) is 4.90 Å². The van der Waals surface area contributed by atoms with Crippen LogP contribution in [0.1, 0.15) is 0 Å². The Morgan fingerprint density at radius 3 is 2.64 bits per heavy atom. The molecule has 0 aromatic heterocycles. The molecule has 0 saturated carbocycles. The molecule has 0 saturated heterocycles. The Labute approximate surface area is 98.5 Å². The fraction of sp³-hybridized carbons (Fsp3) is 0.100. The molecule has 0 unspecified atom stereocenters. The zero-order valence-corrected chi connectivity index (χ0v) is 9.88. The van der Waals surface area contributed by atoms with Crippen LogP contribution in [0.15, 0.2) is 46.8 Å². The lowest BCUT2D eigenvalue weighted by Crippen LogP contribution is -2.19. The summed E-state index contributed by atoms with van der Waals surface area (Å²) in [5.41, 5.74) is 0. The van der Waals surface area contributed by atoms with Crippen molar-refractivity contribution in [2.24, 2.45) is 0 Å². The van der Waals surface area contributed by atoms with Crippen molar-refractivity contribution in [2.75, 3.05) is 6.54 Å². The maximum Gasteiger partial charge on any atom is 0.138 e. The molecule has 74 valence electrons. The molecule has 4 heteroatoms. The molecule has 1 rings (SSSR count). The summed E-state index contributed by atoms with van der Waals surface area (Å²) in [6.45, 7) is 4.08. The van der Waals surface area contributed by atoms with Gasteiger partial charge in [-0.05, 0) is 12.1 Å². The predicted molar refractivity (Wildman–Crippen MR) is 67.9 cm³/mol. The lowest BCUT2D eigenvalue weighted by atomic mass is 10.4. The Kier molecular flexibility index (Phi) is 5.01. The monoisotopic (exact) mass is 243 g/mol. The number of nitrogens with one attached hydrogen (secondary N) is 1. The molecule has 14 heavy (non-hydrogen) atoms. The molecule has 0 amide bonds. The molecule has 0 aliphatic carbocycles. The minimum Gasteiger partial charge on any atom is -0.366 e. The minimum atomic E-state index is 0.514. The van der Waals surface area contributed by atoms with Gasteiger partial charge in [0.2, 0.25) is 0 Å². The summed E-state index contributed by atoms with van der Waals surface area (Å²) in [6.07, 6.45) is 0. The van der Waals surface area contributed by atoms with E-state index in [2.05, 4.69) is 11.9 Å². The molecule has 0 fully saturated rings. The van der Waals surface area contributed by atoms with Gasteiger partial charge in [-0.2, -0.15) is 0 Å². The molecular weight excluding hydrogens is 234 g/mol. The van der Waals surface area contributed by atoms with Gasteiger partial charge in [-0.15, -0.1) is 0 Å². The SMILES string of the molecule is C=C(Cl)CNC(=S)Sc1ccccc1. The van der Waals surface area contributed by atoms with Crippen LogP contribution in [0.4, 0.5) is 0 Å². The average Bonchev–Trinajstić information content (AvgIpc) is 2.16. The number of benzene rings is 1. The van der Waals surface area contributed by atoms with Crippen LogP contribution < -0.4 is 5.32 Å². The van der Waals surface area contributed by atoms with Gasteiger partial charge < -0.3 is 5.32 Å². The summed E-state index contributed by atoms with van der Waals surface area (Å²) in [5, 5.41) is 3.55. The third-order valence-corrected chi connectivity index (χ3v) is 2.74. The van der Waals surface area contributed by atoms with Crippen LogP contribution in [0.5, 0.6) is 0 Å². The maximum absolute atomic E-state index is 5.60. The molecule has 0 bridgehead atoms. The summed E-state index contributed by atoms with van der Waals surface area (Å²) in [6, 6.07) is 9.94. The van der Waals surface area contributed by atoms with Gasteiger partial charge in [0.15, 0.2) is 0 Å². The Bertz CT molecular complexity index is 324. The molecule has 0 heterocycles. The molecule has 0 spiro atoms. The fourth-order valence-electron chi connectivity index (χ4n) is 0.800. The topological polar surface area (TPSA) is 12.0 Å². The zero-order chi connectivity index (χ0) is 10.4. The average molecular weight is 244 g/mol. The summed E-state index contributed by atoms with van der Waals surface area (Å²) in [5.74, 6) is 0. The molecule has 0 atom stereocenters. The molecule has 0 radical (unpaired) electrons. The molecule has 1 aromatic carbocycles. The largest absolute Gasteiger partial charge is 0.366 e. The van der Waals surface area contributed by atoms with E-state index in [4.69, 9.17) is 23.8 Å². The minimum absolute atomic E-state index is 0.514. The van der Waals surface area contributed by atoms with E-state index >= 15 is 0 Å². The van der Waals surface area contributed by atoms with E-state index in [9.17, 15) is 0 Å². The summed E-state index contributed by atoms with van der Waals surface area (Å²) < 4.78 is 0.706. The summed E-state index contributed by atoms with van der Waals surface area (Å²) in [7, 11) is 0. The summed E-state index contributed by atoms with van der Waals surface area (Å²) in [4.78, 5) is 1.12. The quantitative estimate of drug-likeness (QED) is 0.646. The van der Waals surface area contributed by atoms with Crippen LogP contribution in [0.2, 0.25) is 0 Å². The second-order valence-corrected chi connectivity index (χ2v) is 4.86. The van der Waals surface area contributed by atoms with E-state index in [0.29, 0.717) is 15.9 Å². The van der Waals surface area contributed by atoms with E-state index in [-0.39, 0.29) is 0 Å².